The van der Waals surface area contributed by atoms with Crippen molar-refractivity contribution in [1.82, 2.24) is 10.6 Å². The molecule has 0 saturated heterocycles. The lowest BCUT2D eigenvalue weighted by Crippen LogP contribution is -2.40. The summed E-state index contributed by atoms with van der Waals surface area (Å²) in [6, 6.07) is 2.27. The normalized spacial score (nSPS) is 14.8. The van der Waals surface area contributed by atoms with Gasteiger partial charge in [-0.2, -0.15) is 0 Å². The highest BCUT2D eigenvalue weighted by Gasteiger charge is 2.16. The Hall–Kier alpha value is -1.51. The van der Waals surface area contributed by atoms with Crippen LogP contribution in [0.3, 0.4) is 0 Å². The second-order valence-corrected chi connectivity index (χ2v) is 5.61. The highest BCUT2D eigenvalue weighted by atomic mass is 32.1. The second-order valence-electron chi connectivity index (χ2n) is 4.62. The molecule has 0 radical (unpaired) electrons. The zero-order chi connectivity index (χ0) is 13.5. The average molecular weight is 277 g/mol. The molecule has 19 heavy (non-hydrogen) atoms. The Balaban J connectivity index is 1.75. The van der Waals surface area contributed by atoms with Crippen molar-refractivity contribution in [2.75, 3.05) is 6.54 Å². The Kier molecular flexibility index (Phi) is 5.25. The van der Waals surface area contributed by atoms with Crippen molar-refractivity contribution >= 4 is 17.4 Å². The molecule has 1 aliphatic rings. The van der Waals surface area contributed by atoms with Gasteiger partial charge in [-0.1, -0.05) is 24.7 Å². The predicted octanol–water partition coefficient (Wildman–Crippen LogP) is 1.80. The summed E-state index contributed by atoms with van der Waals surface area (Å²) in [5.74, 6) is 5.79. The van der Waals surface area contributed by atoms with Gasteiger partial charge in [-0.15, -0.1) is 11.3 Å². The van der Waals surface area contributed by atoms with E-state index < -0.39 is 0 Å². The molecule has 0 bridgehead atoms. The van der Waals surface area contributed by atoms with E-state index in [1.54, 1.807) is 11.3 Å². The molecule has 2 amide bonds. The Bertz CT molecular complexity index is 480. The number of hydrogen-bond acceptors (Lipinski definition) is 3. The third-order valence-electron chi connectivity index (χ3n) is 3.10. The van der Waals surface area contributed by atoms with Crippen molar-refractivity contribution in [3.8, 4) is 11.8 Å². The average Bonchev–Trinajstić information content (AvgIpc) is 3.05. The van der Waals surface area contributed by atoms with Crippen LogP contribution in [0, 0.1) is 11.8 Å². The lowest BCUT2D eigenvalue weighted by Gasteiger charge is -2.12. The number of carbonyl (C=O) groups is 1. The van der Waals surface area contributed by atoms with Crippen LogP contribution >= 0.6 is 11.3 Å². The minimum atomic E-state index is -0.0742. The number of thiophene rings is 1. The molecule has 2 rings (SSSR count). The lowest BCUT2D eigenvalue weighted by atomic mass is 10.2. The molecule has 1 aromatic rings. The summed E-state index contributed by atoms with van der Waals surface area (Å²) < 4.78 is 0. The van der Waals surface area contributed by atoms with E-state index in [1.165, 1.54) is 12.8 Å². The molecule has 0 aromatic carbocycles. The summed E-state index contributed by atoms with van der Waals surface area (Å²) in [7, 11) is 0. The smallest absolute Gasteiger partial charge is 0.315 e. The Morgan fingerprint density at radius 3 is 3.00 bits per heavy atom. The van der Waals surface area contributed by atoms with Crippen LogP contribution in [0.25, 0.3) is 0 Å². The van der Waals surface area contributed by atoms with Gasteiger partial charge in [-0.3, -0.25) is 0 Å². The van der Waals surface area contributed by atoms with E-state index >= 15 is 0 Å². The maximum atomic E-state index is 11.7. The molecule has 4 nitrogen and oxygen atoms in total. The van der Waals surface area contributed by atoms with Gasteiger partial charge in [0.05, 0.1) is 13.1 Å². The molecular weight excluding hydrogens is 258 g/mol. The maximum absolute atomic E-state index is 11.7. The zero-order valence-electron chi connectivity index (χ0n) is 10.9. The molecule has 0 unspecified atom stereocenters. The number of urea groups is 1. The van der Waals surface area contributed by atoms with Crippen molar-refractivity contribution in [1.29, 1.82) is 0 Å². The molecule has 1 aliphatic carbocycles. The first-order valence-electron chi connectivity index (χ1n) is 6.58. The summed E-state index contributed by atoms with van der Waals surface area (Å²) >= 11 is 1.60. The van der Waals surface area contributed by atoms with E-state index in [0.29, 0.717) is 19.1 Å². The number of rotatable bonds is 3. The monoisotopic (exact) mass is 277 g/mol. The summed E-state index contributed by atoms with van der Waals surface area (Å²) in [6.45, 7) is 0.917. The first kappa shape index (κ1) is 13.9. The van der Waals surface area contributed by atoms with Crippen molar-refractivity contribution in [3.05, 3.63) is 21.9 Å². The van der Waals surface area contributed by atoms with Crippen LogP contribution in [-0.4, -0.2) is 18.6 Å². The van der Waals surface area contributed by atoms with Crippen molar-refractivity contribution in [2.24, 2.45) is 5.73 Å². The first-order chi connectivity index (χ1) is 9.28. The van der Waals surface area contributed by atoms with Gasteiger partial charge < -0.3 is 16.4 Å². The second kappa shape index (κ2) is 7.17. The number of nitrogens with two attached hydrogens (primary N) is 1. The highest BCUT2D eigenvalue weighted by Crippen LogP contribution is 2.17. The van der Waals surface area contributed by atoms with Crippen LogP contribution < -0.4 is 16.4 Å². The third-order valence-corrected chi connectivity index (χ3v) is 4.04. The van der Waals surface area contributed by atoms with E-state index in [-0.39, 0.29) is 6.03 Å². The summed E-state index contributed by atoms with van der Waals surface area (Å²) in [5.41, 5.74) is 6.29. The van der Waals surface area contributed by atoms with Crippen LogP contribution in [-0.2, 0) is 6.54 Å². The summed E-state index contributed by atoms with van der Waals surface area (Å²) in [6.07, 6.45) is 4.65. The molecule has 0 atom stereocenters. The molecule has 4 N–H and O–H groups in total. The van der Waals surface area contributed by atoms with Gasteiger partial charge in [0.25, 0.3) is 0 Å². The largest absolute Gasteiger partial charge is 0.335 e. The van der Waals surface area contributed by atoms with Gasteiger partial charge in [0.2, 0.25) is 0 Å². The van der Waals surface area contributed by atoms with Crippen LogP contribution in [0.5, 0.6) is 0 Å². The van der Waals surface area contributed by atoms with E-state index in [2.05, 4.69) is 22.5 Å². The minimum absolute atomic E-state index is 0.0742. The van der Waals surface area contributed by atoms with Gasteiger partial charge in [0.1, 0.15) is 0 Å². The van der Waals surface area contributed by atoms with E-state index in [9.17, 15) is 4.79 Å². The minimum Gasteiger partial charge on any atom is -0.335 e. The first-order valence-corrected chi connectivity index (χ1v) is 7.46. The van der Waals surface area contributed by atoms with Gasteiger partial charge in [-0.05, 0) is 18.9 Å². The van der Waals surface area contributed by atoms with Crippen LogP contribution in [0.4, 0.5) is 4.79 Å². The topological polar surface area (TPSA) is 67.1 Å². The molecule has 5 heteroatoms. The maximum Gasteiger partial charge on any atom is 0.315 e. The number of nitrogens with one attached hydrogen (secondary N) is 2. The molecule has 1 saturated carbocycles. The van der Waals surface area contributed by atoms with Gasteiger partial charge in [-0.25, -0.2) is 4.79 Å². The number of hydrogen-bond donors (Lipinski definition) is 3. The molecule has 1 aromatic heterocycles. The Labute approximate surface area is 117 Å². The lowest BCUT2D eigenvalue weighted by molar-refractivity contribution is 0.237. The Morgan fingerprint density at radius 2 is 2.26 bits per heavy atom. The summed E-state index contributed by atoms with van der Waals surface area (Å²) in [4.78, 5) is 12.8. The fourth-order valence-corrected chi connectivity index (χ4v) is 2.92. The fourth-order valence-electron chi connectivity index (χ4n) is 2.17. The van der Waals surface area contributed by atoms with Gasteiger partial charge in [0, 0.05) is 21.9 Å². The quantitative estimate of drug-likeness (QED) is 0.738. The van der Waals surface area contributed by atoms with Crippen LogP contribution in [0.15, 0.2) is 11.4 Å². The third kappa shape index (κ3) is 4.58. The zero-order valence-corrected chi connectivity index (χ0v) is 11.7. The van der Waals surface area contributed by atoms with Crippen LogP contribution in [0.1, 0.15) is 36.1 Å². The standard InChI is InChI=1S/C14H19N3OS/c15-7-3-4-11-8-13(19-10-11)9-16-14(18)17-12-5-1-2-6-12/h8,10,12H,1-2,5-7,9,15H2,(H2,16,17,18). The summed E-state index contributed by atoms with van der Waals surface area (Å²) in [5, 5.41) is 7.86. The van der Waals surface area contributed by atoms with Crippen molar-refractivity contribution in [3.63, 3.8) is 0 Å². The number of amides is 2. The molecule has 102 valence electrons. The van der Waals surface area contributed by atoms with Gasteiger partial charge in [0.15, 0.2) is 0 Å². The number of carbonyl (C=O) groups excluding carboxylic acids is 1. The van der Waals surface area contributed by atoms with E-state index in [0.717, 1.165) is 23.3 Å². The van der Waals surface area contributed by atoms with Crippen LogP contribution in [0.2, 0.25) is 0 Å². The molecule has 1 heterocycles. The van der Waals surface area contributed by atoms with Gasteiger partial charge >= 0.3 is 6.03 Å². The molecule has 1 fully saturated rings. The highest BCUT2D eigenvalue weighted by molar-refractivity contribution is 7.10. The van der Waals surface area contributed by atoms with Crippen molar-refractivity contribution < 1.29 is 4.79 Å². The van der Waals surface area contributed by atoms with E-state index in [4.69, 9.17) is 5.73 Å². The van der Waals surface area contributed by atoms with E-state index in [1.807, 2.05) is 11.4 Å². The Morgan fingerprint density at radius 1 is 1.47 bits per heavy atom. The fraction of sp³-hybridized carbons (Fsp3) is 0.500. The molecular formula is C14H19N3OS. The SMILES string of the molecule is NCC#Cc1csc(CNC(=O)NC2CCCC2)c1. The van der Waals surface area contributed by atoms with Crippen molar-refractivity contribution in [2.45, 2.75) is 38.3 Å². The molecule has 0 spiro atoms. The molecule has 0 aliphatic heterocycles. The predicted molar refractivity (Wildman–Crippen MR) is 77.9 cm³/mol.